The van der Waals surface area contributed by atoms with Gasteiger partial charge in [0, 0.05) is 25.2 Å². The lowest BCUT2D eigenvalue weighted by Crippen LogP contribution is -2.19. The first-order valence-corrected chi connectivity index (χ1v) is 7.39. The quantitative estimate of drug-likeness (QED) is 0.799. The van der Waals surface area contributed by atoms with Gasteiger partial charge in [0.05, 0.1) is 11.3 Å². The number of rotatable bonds is 4. The van der Waals surface area contributed by atoms with Gasteiger partial charge >= 0.3 is 5.97 Å². The van der Waals surface area contributed by atoms with E-state index in [4.69, 9.17) is 0 Å². The van der Waals surface area contributed by atoms with Crippen LogP contribution in [0.25, 0.3) is 10.2 Å². The molecular weight excluding hydrogens is 284 g/mol. The summed E-state index contributed by atoms with van der Waals surface area (Å²) in [6.07, 6.45) is 1.80. The standard InChI is InChI=1S/C16H14N2O2S/c1-18(14-5-3-2-4-13(14)16(19)20)10-11-6-8-17-15-12(11)7-9-21-15/h2-9H,10H2,1H3,(H,19,20). The summed E-state index contributed by atoms with van der Waals surface area (Å²) >= 11 is 1.61. The number of nitrogens with zero attached hydrogens (tertiary/aromatic N) is 2. The number of carboxylic acid groups (broad SMARTS) is 1. The Bertz CT molecular complexity index is 798. The minimum Gasteiger partial charge on any atom is -0.478 e. The molecule has 3 aromatic rings. The molecule has 3 rings (SSSR count). The van der Waals surface area contributed by atoms with E-state index in [1.54, 1.807) is 29.7 Å². The molecule has 0 amide bonds. The van der Waals surface area contributed by atoms with Crippen molar-refractivity contribution < 1.29 is 9.90 Å². The molecule has 2 heterocycles. The molecular formula is C16H14N2O2S. The molecule has 106 valence electrons. The van der Waals surface area contributed by atoms with E-state index < -0.39 is 5.97 Å². The first-order chi connectivity index (χ1) is 10.2. The number of benzene rings is 1. The zero-order valence-corrected chi connectivity index (χ0v) is 12.3. The Hall–Kier alpha value is -2.40. The van der Waals surface area contributed by atoms with Gasteiger partial charge in [-0.1, -0.05) is 12.1 Å². The Balaban J connectivity index is 1.95. The first kappa shape index (κ1) is 13.6. The van der Waals surface area contributed by atoms with Crippen LogP contribution in [0.3, 0.4) is 0 Å². The second-order valence-corrected chi connectivity index (χ2v) is 5.68. The predicted octanol–water partition coefficient (Wildman–Crippen LogP) is 3.63. The summed E-state index contributed by atoms with van der Waals surface area (Å²) in [5.41, 5.74) is 2.17. The van der Waals surface area contributed by atoms with Gasteiger partial charge in [0.15, 0.2) is 0 Å². The Kier molecular flexibility index (Phi) is 3.58. The molecule has 1 N–H and O–H groups in total. The molecule has 21 heavy (non-hydrogen) atoms. The average Bonchev–Trinajstić information content (AvgIpc) is 2.96. The molecule has 0 aliphatic heterocycles. The minimum absolute atomic E-state index is 0.315. The fourth-order valence-corrected chi connectivity index (χ4v) is 3.18. The lowest BCUT2D eigenvalue weighted by atomic mass is 10.1. The van der Waals surface area contributed by atoms with Crippen LogP contribution in [0, 0.1) is 0 Å². The van der Waals surface area contributed by atoms with Crippen molar-refractivity contribution in [3.8, 4) is 0 Å². The number of carbonyl (C=O) groups is 1. The topological polar surface area (TPSA) is 53.4 Å². The van der Waals surface area contributed by atoms with Crippen molar-refractivity contribution in [1.82, 2.24) is 4.98 Å². The Labute approximate surface area is 126 Å². The summed E-state index contributed by atoms with van der Waals surface area (Å²) in [6, 6.07) is 11.1. The Morgan fingerprint density at radius 3 is 2.90 bits per heavy atom. The summed E-state index contributed by atoms with van der Waals surface area (Å²) < 4.78 is 0. The Morgan fingerprint density at radius 2 is 2.10 bits per heavy atom. The summed E-state index contributed by atoms with van der Waals surface area (Å²) in [6.45, 7) is 0.639. The molecule has 0 bridgehead atoms. The first-order valence-electron chi connectivity index (χ1n) is 6.51. The smallest absolute Gasteiger partial charge is 0.337 e. The van der Waals surface area contributed by atoms with Crippen LogP contribution in [-0.4, -0.2) is 23.1 Å². The van der Waals surface area contributed by atoms with Gasteiger partial charge in [-0.25, -0.2) is 9.78 Å². The van der Waals surface area contributed by atoms with E-state index in [2.05, 4.69) is 11.1 Å². The number of carboxylic acids is 1. The van der Waals surface area contributed by atoms with Crippen LogP contribution in [0.1, 0.15) is 15.9 Å². The summed E-state index contributed by atoms with van der Waals surface area (Å²) in [5, 5.41) is 12.4. The van der Waals surface area contributed by atoms with E-state index in [-0.39, 0.29) is 0 Å². The molecule has 0 unspecified atom stereocenters. The largest absolute Gasteiger partial charge is 0.478 e. The molecule has 0 saturated heterocycles. The third-order valence-corrected chi connectivity index (χ3v) is 4.23. The zero-order valence-electron chi connectivity index (χ0n) is 11.5. The number of aromatic carboxylic acids is 1. The van der Waals surface area contributed by atoms with Crippen LogP contribution in [0.2, 0.25) is 0 Å². The van der Waals surface area contributed by atoms with Crippen LogP contribution in [0.15, 0.2) is 48.0 Å². The highest BCUT2D eigenvalue weighted by molar-refractivity contribution is 7.16. The van der Waals surface area contributed by atoms with Gasteiger partial charge in [0.1, 0.15) is 4.83 Å². The van der Waals surface area contributed by atoms with Crippen LogP contribution in [0.4, 0.5) is 5.69 Å². The highest BCUT2D eigenvalue weighted by atomic mass is 32.1. The molecule has 0 aliphatic carbocycles. The second-order valence-electron chi connectivity index (χ2n) is 4.79. The van der Waals surface area contributed by atoms with Gasteiger partial charge in [0.25, 0.3) is 0 Å². The maximum atomic E-state index is 11.3. The second kappa shape index (κ2) is 5.54. The van der Waals surface area contributed by atoms with Gasteiger partial charge in [-0.05, 0) is 35.2 Å². The van der Waals surface area contributed by atoms with Crippen molar-refractivity contribution in [3.05, 3.63) is 59.1 Å². The maximum absolute atomic E-state index is 11.3. The van der Waals surface area contributed by atoms with Crippen LogP contribution in [-0.2, 0) is 6.54 Å². The number of hydrogen-bond donors (Lipinski definition) is 1. The minimum atomic E-state index is -0.909. The SMILES string of the molecule is CN(Cc1ccnc2sccc12)c1ccccc1C(=O)O. The number of aromatic nitrogens is 1. The number of pyridine rings is 1. The van der Waals surface area contributed by atoms with E-state index in [9.17, 15) is 9.90 Å². The van der Waals surface area contributed by atoms with Crippen molar-refractivity contribution in [1.29, 1.82) is 0 Å². The fraction of sp³-hybridized carbons (Fsp3) is 0.125. The lowest BCUT2D eigenvalue weighted by Gasteiger charge is -2.21. The molecule has 0 radical (unpaired) electrons. The van der Waals surface area contributed by atoms with Crippen molar-refractivity contribution >= 4 is 33.2 Å². The highest BCUT2D eigenvalue weighted by Crippen LogP contribution is 2.26. The van der Waals surface area contributed by atoms with Crippen molar-refractivity contribution in [2.45, 2.75) is 6.54 Å². The number of thiophene rings is 1. The van der Waals surface area contributed by atoms with Gasteiger partial charge in [-0.3, -0.25) is 0 Å². The summed E-state index contributed by atoms with van der Waals surface area (Å²) in [5.74, 6) is -0.909. The number of anilines is 1. The predicted molar refractivity (Wildman–Crippen MR) is 85.1 cm³/mol. The molecule has 0 atom stereocenters. The number of hydrogen-bond acceptors (Lipinski definition) is 4. The number of para-hydroxylation sites is 1. The van der Waals surface area contributed by atoms with Crippen LogP contribution >= 0.6 is 11.3 Å². The van der Waals surface area contributed by atoms with E-state index in [1.165, 1.54) is 0 Å². The van der Waals surface area contributed by atoms with Crippen molar-refractivity contribution in [3.63, 3.8) is 0 Å². The third-order valence-electron chi connectivity index (χ3n) is 3.41. The summed E-state index contributed by atoms with van der Waals surface area (Å²) in [4.78, 5) is 18.6. The molecule has 0 fully saturated rings. The molecule has 0 aliphatic rings. The summed E-state index contributed by atoms with van der Waals surface area (Å²) in [7, 11) is 1.90. The highest BCUT2D eigenvalue weighted by Gasteiger charge is 2.14. The van der Waals surface area contributed by atoms with Gasteiger partial charge in [0.2, 0.25) is 0 Å². The molecule has 5 heteroatoms. The van der Waals surface area contributed by atoms with Gasteiger partial charge < -0.3 is 10.0 Å². The monoisotopic (exact) mass is 298 g/mol. The van der Waals surface area contributed by atoms with Crippen molar-refractivity contribution in [2.24, 2.45) is 0 Å². The normalized spacial score (nSPS) is 10.7. The molecule has 1 aromatic carbocycles. The Morgan fingerprint density at radius 1 is 1.29 bits per heavy atom. The molecule has 4 nitrogen and oxygen atoms in total. The number of fused-ring (bicyclic) bond motifs is 1. The molecule has 2 aromatic heterocycles. The third kappa shape index (κ3) is 2.60. The fourth-order valence-electron chi connectivity index (χ4n) is 2.40. The molecule has 0 saturated carbocycles. The van der Waals surface area contributed by atoms with Crippen molar-refractivity contribution in [2.75, 3.05) is 11.9 Å². The lowest BCUT2D eigenvalue weighted by molar-refractivity contribution is 0.0697. The maximum Gasteiger partial charge on any atom is 0.337 e. The van der Waals surface area contributed by atoms with E-state index >= 15 is 0 Å². The van der Waals surface area contributed by atoms with E-state index in [1.807, 2.05) is 35.5 Å². The average molecular weight is 298 g/mol. The van der Waals surface area contributed by atoms with E-state index in [0.29, 0.717) is 17.8 Å². The van der Waals surface area contributed by atoms with E-state index in [0.717, 1.165) is 15.8 Å². The van der Waals surface area contributed by atoms with Gasteiger partial charge in [-0.2, -0.15) is 0 Å². The zero-order chi connectivity index (χ0) is 14.8. The van der Waals surface area contributed by atoms with Crippen LogP contribution in [0.5, 0.6) is 0 Å². The van der Waals surface area contributed by atoms with Gasteiger partial charge in [-0.15, -0.1) is 11.3 Å². The molecule has 0 spiro atoms. The van der Waals surface area contributed by atoms with Crippen LogP contribution < -0.4 is 4.90 Å².